The van der Waals surface area contributed by atoms with Gasteiger partial charge in [0.1, 0.15) is 0 Å². The van der Waals surface area contributed by atoms with E-state index >= 15 is 0 Å². The van der Waals surface area contributed by atoms with Gasteiger partial charge in [-0.1, -0.05) is 18.2 Å². The van der Waals surface area contributed by atoms with Crippen molar-refractivity contribution in [3.05, 3.63) is 35.4 Å². The van der Waals surface area contributed by atoms with Crippen LogP contribution in [0.3, 0.4) is 0 Å². The molecule has 0 saturated carbocycles. The van der Waals surface area contributed by atoms with E-state index < -0.39 is 5.97 Å². The standard InChI is InChI=1S/C14H17NO4/c1-10-9-19-7-6-15(10)13(16)8-11-4-2-3-5-12(11)14(17)18/h2-5,10H,6-9H2,1H3,(H,17,18). The Morgan fingerprint density at radius 3 is 2.84 bits per heavy atom. The molecular formula is C14H17NO4. The third kappa shape index (κ3) is 3.12. The summed E-state index contributed by atoms with van der Waals surface area (Å²) in [6.07, 6.45) is 0.118. The number of ether oxygens (including phenoxy) is 1. The highest BCUT2D eigenvalue weighted by atomic mass is 16.5. The molecule has 1 heterocycles. The Hall–Kier alpha value is -1.88. The summed E-state index contributed by atoms with van der Waals surface area (Å²) in [5.74, 6) is -1.05. The monoisotopic (exact) mass is 263 g/mol. The minimum absolute atomic E-state index is 0.0400. The van der Waals surface area contributed by atoms with Crippen molar-refractivity contribution in [1.29, 1.82) is 0 Å². The van der Waals surface area contributed by atoms with Crippen molar-refractivity contribution < 1.29 is 19.4 Å². The first kappa shape index (κ1) is 13.5. The van der Waals surface area contributed by atoms with Crippen molar-refractivity contribution in [2.75, 3.05) is 19.8 Å². The molecule has 0 radical (unpaired) electrons. The smallest absolute Gasteiger partial charge is 0.335 e. The van der Waals surface area contributed by atoms with Gasteiger partial charge in [-0.05, 0) is 18.6 Å². The Morgan fingerprint density at radius 1 is 1.42 bits per heavy atom. The third-order valence-electron chi connectivity index (χ3n) is 3.28. The molecule has 0 aromatic heterocycles. The first-order valence-corrected chi connectivity index (χ1v) is 6.28. The van der Waals surface area contributed by atoms with Crippen LogP contribution >= 0.6 is 0 Å². The van der Waals surface area contributed by atoms with Gasteiger partial charge in [0, 0.05) is 6.54 Å². The summed E-state index contributed by atoms with van der Waals surface area (Å²) in [5, 5.41) is 9.10. The normalized spacial score (nSPS) is 19.2. The number of hydrogen-bond donors (Lipinski definition) is 1. The highest BCUT2D eigenvalue weighted by Crippen LogP contribution is 2.13. The molecule has 0 bridgehead atoms. The maximum atomic E-state index is 12.2. The van der Waals surface area contributed by atoms with Gasteiger partial charge in [0.25, 0.3) is 0 Å². The van der Waals surface area contributed by atoms with Crippen LogP contribution in [0.25, 0.3) is 0 Å². The molecule has 2 rings (SSSR count). The number of morpholine rings is 1. The number of carbonyl (C=O) groups excluding carboxylic acids is 1. The summed E-state index contributed by atoms with van der Waals surface area (Å²) in [5.41, 5.74) is 0.746. The van der Waals surface area contributed by atoms with Crippen LogP contribution in [-0.2, 0) is 16.0 Å². The fourth-order valence-electron chi connectivity index (χ4n) is 2.25. The summed E-state index contributed by atoms with van der Waals surface area (Å²) in [4.78, 5) is 25.1. The zero-order valence-electron chi connectivity index (χ0n) is 10.8. The number of aromatic carboxylic acids is 1. The average Bonchev–Trinajstić information content (AvgIpc) is 2.39. The molecule has 1 amide bonds. The minimum Gasteiger partial charge on any atom is -0.478 e. The van der Waals surface area contributed by atoms with Gasteiger partial charge < -0.3 is 14.7 Å². The van der Waals surface area contributed by atoms with E-state index in [0.29, 0.717) is 25.3 Å². The fourth-order valence-corrected chi connectivity index (χ4v) is 2.25. The van der Waals surface area contributed by atoms with E-state index in [2.05, 4.69) is 0 Å². The van der Waals surface area contributed by atoms with E-state index in [1.807, 2.05) is 6.92 Å². The predicted octanol–water partition coefficient (Wildman–Crippen LogP) is 1.17. The second-order valence-electron chi connectivity index (χ2n) is 4.65. The van der Waals surface area contributed by atoms with Crippen molar-refractivity contribution in [3.8, 4) is 0 Å². The predicted molar refractivity (Wildman–Crippen MR) is 69.1 cm³/mol. The lowest BCUT2D eigenvalue weighted by molar-refractivity contribution is -0.138. The number of carbonyl (C=O) groups is 2. The van der Waals surface area contributed by atoms with Crippen molar-refractivity contribution in [1.82, 2.24) is 4.90 Å². The molecule has 1 unspecified atom stereocenters. The number of nitrogens with zero attached hydrogens (tertiary/aromatic N) is 1. The SMILES string of the molecule is CC1COCCN1C(=O)Cc1ccccc1C(=O)O. The van der Waals surface area contributed by atoms with Crippen LogP contribution in [0.2, 0.25) is 0 Å². The molecule has 1 aromatic rings. The van der Waals surface area contributed by atoms with Crippen LogP contribution in [-0.4, -0.2) is 47.7 Å². The van der Waals surface area contributed by atoms with Crippen molar-refractivity contribution in [3.63, 3.8) is 0 Å². The van der Waals surface area contributed by atoms with Crippen molar-refractivity contribution in [2.45, 2.75) is 19.4 Å². The van der Waals surface area contributed by atoms with Gasteiger partial charge in [-0.2, -0.15) is 0 Å². The number of hydrogen-bond acceptors (Lipinski definition) is 3. The molecule has 1 N–H and O–H groups in total. The van der Waals surface area contributed by atoms with Crippen LogP contribution in [0, 0.1) is 0 Å². The lowest BCUT2D eigenvalue weighted by Crippen LogP contribution is -2.47. The van der Waals surface area contributed by atoms with Crippen LogP contribution in [0.15, 0.2) is 24.3 Å². The molecular weight excluding hydrogens is 246 g/mol. The van der Waals surface area contributed by atoms with Gasteiger partial charge in [-0.25, -0.2) is 4.79 Å². The molecule has 0 aliphatic carbocycles. The van der Waals surface area contributed by atoms with Gasteiger partial charge in [-0.3, -0.25) is 4.79 Å². The Kier molecular flexibility index (Phi) is 4.16. The van der Waals surface area contributed by atoms with Gasteiger partial charge in [0.15, 0.2) is 0 Å². The Balaban J connectivity index is 2.12. The van der Waals surface area contributed by atoms with Gasteiger partial charge >= 0.3 is 5.97 Å². The molecule has 1 aliphatic rings. The van der Waals surface area contributed by atoms with Crippen LogP contribution in [0.4, 0.5) is 0 Å². The van der Waals surface area contributed by atoms with Crippen molar-refractivity contribution >= 4 is 11.9 Å². The Bertz CT molecular complexity index is 486. The molecule has 1 atom stereocenters. The second kappa shape index (κ2) is 5.84. The van der Waals surface area contributed by atoms with E-state index in [-0.39, 0.29) is 23.9 Å². The molecule has 0 spiro atoms. The molecule has 1 aromatic carbocycles. The quantitative estimate of drug-likeness (QED) is 0.889. The molecule has 1 saturated heterocycles. The zero-order valence-corrected chi connectivity index (χ0v) is 10.8. The summed E-state index contributed by atoms with van der Waals surface area (Å²) in [6.45, 7) is 3.57. The van der Waals surface area contributed by atoms with Gasteiger partial charge in [0.2, 0.25) is 5.91 Å². The number of amides is 1. The van der Waals surface area contributed by atoms with Crippen LogP contribution in [0.5, 0.6) is 0 Å². The number of benzene rings is 1. The molecule has 102 valence electrons. The highest BCUT2D eigenvalue weighted by molar-refractivity contribution is 5.91. The minimum atomic E-state index is -1.00. The summed E-state index contributed by atoms with van der Waals surface area (Å²) in [6, 6.07) is 6.66. The lowest BCUT2D eigenvalue weighted by Gasteiger charge is -2.33. The summed E-state index contributed by atoms with van der Waals surface area (Å²) in [7, 11) is 0. The third-order valence-corrected chi connectivity index (χ3v) is 3.28. The summed E-state index contributed by atoms with van der Waals surface area (Å²) < 4.78 is 5.29. The van der Waals surface area contributed by atoms with E-state index in [0.717, 1.165) is 0 Å². The highest BCUT2D eigenvalue weighted by Gasteiger charge is 2.24. The number of rotatable bonds is 3. The maximum Gasteiger partial charge on any atom is 0.335 e. The van der Waals surface area contributed by atoms with E-state index in [1.165, 1.54) is 6.07 Å². The van der Waals surface area contributed by atoms with Gasteiger partial charge in [0.05, 0.1) is 31.2 Å². The largest absolute Gasteiger partial charge is 0.478 e. The lowest BCUT2D eigenvalue weighted by atomic mass is 10.0. The Labute approximate surface area is 111 Å². The van der Waals surface area contributed by atoms with E-state index in [9.17, 15) is 9.59 Å². The average molecular weight is 263 g/mol. The Morgan fingerprint density at radius 2 is 2.16 bits per heavy atom. The molecule has 5 heteroatoms. The maximum absolute atomic E-state index is 12.2. The van der Waals surface area contributed by atoms with E-state index in [4.69, 9.17) is 9.84 Å². The molecule has 1 aliphatic heterocycles. The number of carboxylic acid groups (broad SMARTS) is 1. The summed E-state index contributed by atoms with van der Waals surface area (Å²) >= 11 is 0. The number of carboxylic acids is 1. The molecule has 5 nitrogen and oxygen atoms in total. The van der Waals surface area contributed by atoms with Crippen LogP contribution in [0.1, 0.15) is 22.8 Å². The first-order chi connectivity index (χ1) is 9.09. The zero-order chi connectivity index (χ0) is 13.8. The fraction of sp³-hybridized carbons (Fsp3) is 0.429. The topological polar surface area (TPSA) is 66.8 Å². The molecule has 19 heavy (non-hydrogen) atoms. The first-order valence-electron chi connectivity index (χ1n) is 6.28. The van der Waals surface area contributed by atoms with Crippen molar-refractivity contribution in [2.24, 2.45) is 0 Å². The molecule has 1 fully saturated rings. The van der Waals surface area contributed by atoms with Gasteiger partial charge in [-0.15, -0.1) is 0 Å². The second-order valence-corrected chi connectivity index (χ2v) is 4.65. The van der Waals surface area contributed by atoms with Crippen LogP contribution < -0.4 is 0 Å². The van der Waals surface area contributed by atoms with E-state index in [1.54, 1.807) is 23.1 Å².